The number of amides is 2. The number of hydrogen-bond donors (Lipinski definition) is 1. The minimum atomic E-state index is -0.831. The Bertz CT molecular complexity index is 1310. The summed E-state index contributed by atoms with van der Waals surface area (Å²) in [4.78, 5) is 43.5. The van der Waals surface area contributed by atoms with Crippen LogP contribution >= 0.6 is 11.5 Å². The second kappa shape index (κ2) is 10.3. The summed E-state index contributed by atoms with van der Waals surface area (Å²) >= 11 is 1.26. The number of fused-ring (bicyclic) bond motifs is 2. The van der Waals surface area contributed by atoms with Crippen molar-refractivity contribution in [2.24, 2.45) is 17.8 Å². The zero-order valence-electron chi connectivity index (χ0n) is 21.8. The molecule has 1 N–H and O–H groups in total. The first-order valence-electron chi connectivity index (χ1n) is 13.2. The molecule has 0 saturated carbocycles. The van der Waals surface area contributed by atoms with Crippen LogP contribution in [0.1, 0.15) is 63.3 Å². The second-order valence-electron chi connectivity index (χ2n) is 11.3. The van der Waals surface area contributed by atoms with E-state index < -0.39 is 18.1 Å². The highest BCUT2D eigenvalue weighted by atomic mass is 32.1. The van der Waals surface area contributed by atoms with E-state index in [0.29, 0.717) is 12.8 Å². The van der Waals surface area contributed by atoms with Crippen LogP contribution in [0.4, 0.5) is 0 Å². The van der Waals surface area contributed by atoms with Crippen LogP contribution in [-0.4, -0.2) is 44.2 Å². The van der Waals surface area contributed by atoms with Gasteiger partial charge in [0.05, 0.1) is 4.70 Å². The fourth-order valence-corrected chi connectivity index (χ4v) is 6.46. The van der Waals surface area contributed by atoms with E-state index in [4.69, 9.17) is 0 Å². The molecule has 8 heteroatoms. The van der Waals surface area contributed by atoms with Gasteiger partial charge in [0.2, 0.25) is 11.8 Å². The lowest BCUT2D eigenvalue weighted by Crippen LogP contribution is -2.66. The normalized spacial score (nSPS) is 21.1. The van der Waals surface area contributed by atoms with Gasteiger partial charge < -0.3 is 10.2 Å². The van der Waals surface area contributed by atoms with Crippen molar-refractivity contribution in [2.75, 3.05) is 0 Å². The molecule has 1 saturated heterocycles. The van der Waals surface area contributed by atoms with Crippen molar-refractivity contribution >= 4 is 39.3 Å². The lowest BCUT2D eigenvalue weighted by molar-refractivity contribution is -0.157. The van der Waals surface area contributed by atoms with E-state index in [9.17, 15) is 14.4 Å². The average molecular weight is 519 g/mol. The quantitative estimate of drug-likeness (QED) is 0.474. The monoisotopic (exact) mass is 518 g/mol. The summed E-state index contributed by atoms with van der Waals surface area (Å²) in [6.45, 7) is 8.07. The van der Waals surface area contributed by atoms with Crippen molar-refractivity contribution in [1.29, 1.82) is 0 Å². The largest absolute Gasteiger partial charge is 0.342 e. The number of carbonyl (C=O) groups is 3. The zero-order chi connectivity index (χ0) is 26.3. The lowest BCUT2D eigenvalue weighted by Gasteiger charge is -2.45. The minimum absolute atomic E-state index is 0.0367. The van der Waals surface area contributed by atoms with Gasteiger partial charge >= 0.3 is 0 Å². The molecule has 2 aromatic carbocycles. The summed E-state index contributed by atoms with van der Waals surface area (Å²) in [7, 11) is 0. The molecule has 0 spiro atoms. The maximum Gasteiger partial charge on any atom is 0.247 e. The Morgan fingerprint density at radius 1 is 1.05 bits per heavy atom. The SMILES string of the molecule is CC(C)CC(=O)[C@@H](c1ccc2nnsc2c1)N1C(=O)[C@@H](C2Cc3ccccc3C2)NC(=O)[C@H]1CC(C)C. The Morgan fingerprint density at radius 3 is 2.41 bits per heavy atom. The van der Waals surface area contributed by atoms with Gasteiger partial charge in [0, 0.05) is 6.42 Å². The van der Waals surface area contributed by atoms with Crippen LogP contribution in [0, 0.1) is 17.8 Å². The summed E-state index contributed by atoms with van der Waals surface area (Å²) < 4.78 is 4.89. The molecule has 0 unspecified atom stereocenters. The summed E-state index contributed by atoms with van der Waals surface area (Å²) in [5.74, 6) is -0.110. The van der Waals surface area contributed by atoms with Crippen molar-refractivity contribution in [1.82, 2.24) is 19.8 Å². The van der Waals surface area contributed by atoms with Gasteiger partial charge in [0.1, 0.15) is 23.6 Å². The van der Waals surface area contributed by atoms with Gasteiger partial charge in [-0.3, -0.25) is 14.4 Å². The van der Waals surface area contributed by atoms with Crippen molar-refractivity contribution in [3.05, 3.63) is 59.2 Å². The number of piperazine rings is 1. The molecule has 2 amide bonds. The first-order chi connectivity index (χ1) is 17.7. The molecule has 3 atom stereocenters. The highest BCUT2D eigenvalue weighted by Gasteiger charge is 2.49. The Kier molecular flexibility index (Phi) is 7.12. The van der Waals surface area contributed by atoms with E-state index >= 15 is 0 Å². The third kappa shape index (κ3) is 5.04. The fraction of sp³-hybridized carbons (Fsp3) is 0.483. The maximum atomic E-state index is 14.4. The van der Waals surface area contributed by atoms with Gasteiger partial charge in [-0.2, -0.15) is 0 Å². The standard InChI is InChI=1S/C29H34N4O3S/c1-16(2)11-23-28(35)30-26(21-13-18-7-5-6-8-19(18)14-21)29(36)33(23)27(24(34)12-17(3)4)20-9-10-22-25(15-20)37-32-31-22/h5-10,15-17,21,23,26-27H,11-14H2,1-4H3,(H,30,35)/t23-,26-,27-/m1/s1. The summed E-state index contributed by atoms with van der Waals surface area (Å²) in [5.41, 5.74) is 3.92. The molecule has 2 aliphatic rings. The van der Waals surface area contributed by atoms with Crippen LogP contribution in [0.25, 0.3) is 10.2 Å². The Labute approximate surface area is 221 Å². The summed E-state index contributed by atoms with van der Waals surface area (Å²) in [6, 6.07) is 11.6. The predicted octanol–water partition coefficient (Wildman–Crippen LogP) is 4.50. The van der Waals surface area contributed by atoms with Crippen LogP contribution in [0.3, 0.4) is 0 Å². The second-order valence-corrected chi connectivity index (χ2v) is 12.1. The Hall–Kier alpha value is -3.13. The maximum absolute atomic E-state index is 14.4. The highest BCUT2D eigenvalue weighted by Crippen LogP contribution is 2.37. The fourth-order valence-electron chi connectivity index (χ4n) is 5.85. The van der Waals surface area contributed by atoms with Crippen molar-refractivity contribution in [2.45, 2.75) is 71.5 Å². The number of nitrogens with one attached hydrogen (secondary N) is 1. The van der Waals surface area contributed by atoms with Gasteiger partial charge in [-0.25, -0.2) is 0 Å². The molecule has 1 aliphatic heterocycles. The topological polar surface area (TPSA) is 92.3 Å². The number of hydrogen-bond acceptors (Lipinski definition) is 6. The molecule has 37 heavy (non-hydrogen) atoms. The minimum Gasteiger partial charge on any atom is -0.342 e. The zero-order valence-corrected chi connectivity index (χ0v) is 22.6. The molecular weight excluding hydrogens is 484 g/mol. The van der Waals surface area contributed by atoms with Gasteiger partial charge in [0.15, 0.2) is 5.78 Å². The van der Waals surface area contributed by atoms with Gasteiger partial charge in [-0.05, 0) is 77.4 Å². The highest BCUT2D eigenvalue weighted by molar-refractivity contribution is 7.12. The summed E-state index contributed by atoms with van der Waals surface area (Å²) in [6.07, 6.45) is 2.28. The van der Waals surface area contributed by atoms with Gasteiger partial charge in [0.25, 0.3) is 0 Å². The van der Waals surface area contributed by atoms with Gasteiger partial charge in [-0.1, -0.05) is 62.5 Å². The molecular formula is C29H34N4O3S. The number of ketones is 1. The Morgan fingerprint density at radius 2 is 1.76 bits per heavy atom. The van der Waals surface area contributed by atoms with Crippen LogP contribution in [0.15, 0.2) is 42.5 Å². The molecule has 1 fully saturated rings. The lowest BCUT2D eigenvalue weighted by atomic mass is 9.86. The van der Waals surface area contributed by atoms with Crippen LogP contribution in [0.2, 0.25) is 0 Å². The van der Waals surface area contributed by atoms with Crippen molar-refractivity contribution < 1.29 is 14.4 Å². The van der Waals surface area contributed by atoms with Crippen LogP contribution in [-0.2, 0) is 27.2 Å². The number of nitrogens with zero attached hydrogens (tertiary/aromatic N) is 3. The molecule has 2 heterocycles. The molecule has 0 radical (unpaired) electrons. The van der Waals surface area contributed by atoms with Gasteiger partial charge in [-0.15, -0.1) is 5.10 Å². The third-order valence-corrected chi connectivity index (χ3v) is 8.17. The Balaban J connectivity index is 1.57. The number of carbonyl (C=O) groups excluding carboxylic acids is 3. The molecule has 1 aliphatic carbocycles. The number of aromatic nitrogens is 2. The van der Waals surface area contributed by atoms with E-state index in [-0.39, 0.29) is 35.4 Å². The predicted molar refractivity (Wildman–Crippen MR) is 144 cm³/mol. The molecule has 194 valence electrons. The first kappa shape index (κ1) is 25.5. The molecule has 7 nitrogen and oxygen atoms in total. The average Bonchev–Trinajstić information content (AvgIpc) is 3.49. The number of benzene rings is 2. The molecule has 5 rings (SSSR count). The van der Waals surface area contributed by atoms with Crippen LogP contribution < -0.4 is 5.32 Å². The molecule has 1 aromatic heterocycles. The van der Waals surface area contributed by atoms with Crippen LogP contribution in [0.5, 0.6) is 0 Å². The van der Waals surface area contributed by atoms with E-state index in [0.717, 1.165) is 28.6 Å². The van der Waals surface area contributed by atoms with E-state index in [1.807, 2.05) is 58.0 Å². The number of Topliss-reactive ketones (excluding diaryl/α,β-unsaturated/α-hetero) is 1. The number of rotatable bonds is 8. The molecule has 0 bridgehead atoms. The van der Waals surface area contributed by atoms with Crippen molar-refractivity contribution in [3.63, 3.8) is 0 Å². The first-order valence-corrected chi connectivity index (χ1v) is 13.9. The van der Waals surface area contributed by atoms with E-state index in [2.05, 4.69) is 27.0 Å². The van der Waals surface area contributed by atoms with E-state index in [1.54, 1.807) is 4.90 Å². The summed E-state index contributed by atoms with van der Waals surface area (Å²) in [5, 5.41) is 7.21. The molecule has 3 aromatic rings. The van der Waals surface area contributed by atoms with E-state index in [1.165, 1.54) is 22.7 Å². The van der Waals surface area contributed by atoms with Crippen molar-refractivity contribution in [3.8, 4) is 0 Å². The third-order valence-electron chi connectivity index (χ3n) is 7.49. The smallest absolute Gasteiger partial charge is 0.247 e.